The van der Waals surface area contributed by atoms with Gasteiger partial charge in [-0.05, 0) is 49.9 Å². The van der Waals surface area contributed by atoms with Crippen molar-refractivity contribution in [2.75, 3.05) is 0 Å². The van der Waals surface area contributed by atoms with Crippen LogP contribution >= 0.6 is 0 Å². The predicted octanol–water partition coefficient (Wildman–Crippen LogP) is 2.88. The summed E-state index contributed by atoms with van der Waals surface area (Å²) in [7, 11) is 0. The Labute approximate surface area is 149 Å². The van der Waals surface area contributed by atoms with Crippen LogP contribution in [0.5, 0.6) is 0 Å². The van der Waals surface area contributed by atoms with E-state index in [1.54, 1.807) is 0 Å². The van der Waals surface area contributed by atoms with Crippen molar-refractivity contribution in [2.45, 2.75) is 64.7 Å². The number of fused-ring (bicyclic) bond motifs is 5. The highest BCUT2D eigenvalue weighted by atomic mass is 16.5. The van der Waals surface area contributed by atoms with Crippen LogP contribution in [0.15, 0.2) is 35.5 Å². The van der Waals surface area contributed by atoms with Gasteiger partial charge in [-0.2, -0.15) is 0 Å². The average molecular weight is 343 g/mol. The van der Waals surface area contributed by atoms with E-state index in [2.05, 4.69) is 26.0 Å². The number of hydrogen-bond donors (Lipinski definition) is 2. The standard InChI is InChI=1S/C21H29NO3/c1-12(23)25-18-11-17-15-5-4-13-10-14(24)6-8-20(13,2)16(15)7-9-21(17,3)19(18)22/h6-8,10,14-15,17-19,24H,4-5,9,11,22H2,1-3H3/t14-,15+,17-,18?,19-,20-,21-/m0/s1. The van der Waals surface area contributed by atoms with E-state index in [0.29, 0.717) is 11.8 Å². The molecule has 3 N–H and O–H groups in total. The number of esters is 1. The van der Waals surface area contributed by atoms with Gasteiger partial charge in [0.15, 0.2) is 0 Å². The predicted molar refractivity (Wildman–Crippen MR) is 96.5 cm³/mol. The molecule has 1 unspecified atom stereocenters. The van der Waals surface area contributed by atoms with Gasteiger partial charge in [0, 0.05) is 18.4 Å². The van der Waals surface area contributed by atoms with Crippen LogP contribution in [-0.2, 0) is 9.53 Å². The molecule has 2 saturated carbocycles. The number of allylic oxidation sites excluding steroid dienone is 4. The quantitative estimate of drug-likeness (QED) is 0.567. The third kappa shape index (κ3) is 2.37. The summed E-state index contributed by atoms with van der Waals surface area (Å²) >= 11 is 0. The summed E-state index contributed by atoms with van der Waals surface area (Å²) in [6.07, 6.45) is 11.8. The number of aliphatic hydroxyl groups is 1. The number of carbonyl (C=O) groups is 1. The van der Waals surface area contributed by atoms with Crippen LogP contribution in [-0.4, -0.2) is 29.3 Å². The SMILES string of the molecule is CC(=O)OC1C[C@H]2[C@@H]3CCC4=C[C@@H](O)C=C[C@]4(C)C3=CC[C@]2(C)[C@H]1N. The zero-order valence-corrected chi connectivity index (χ0v) is 15.4. The van der Waals surface area contributed by atoms with Crippen molar-refractivity contribution in [3.05, 3.63) is 35.5 Å². The molecule has 0 aromatic carbocycles. The molecule has 4 rings (SSSR count). The molecule has 4 nitrogen and oxygen atoms in total. The van der Waals surface area contributed by atoms with E-state index >= 15 is 0 Å². The smallest absolute Gasteiger partial charge is 0.302 e. The Bertz CT molecular complexity index is 693. The first-order valence-corrected chi connectivity index (χ1v) is 9.47. The molecule has 0 spiro atoms. The molecule has 0 aromatic rings. The maximum atomic E-state index is 11.5. The molecule has 0 aliphatic heterocycles. The summed E-state index contributed by atoms with van der Waals surface area (Å²) in [4.78, 5) is 11.5. The molecule has 25 heavy (non-hydrogen) atoms. The summed E-state index contributed by atoms with van der Waals surface area (Å²) in [6.45, 7) is 6.02. The van der Waals surface area contributed by atoms with Crippen molar-refractivity contribution in [3.8, 4) is 0 Å². The highest BCUT2D eigenvalue weighted by molar-refractivity contribution is 5.66. The summed E-state index contributed by atoms with van der Waals surface area (Å²) in [5.41, 5.74) is 9.29. The largest absolute Gasteiger partial charge is 0.461 e. The van der Waals surface area contributed by atoms with Crippen molar-refractivity contribution < 1.29 is 14.6 Å². The molecule has 0 amide bonds. The molecule has 0 heterocycles. The Balaban J connectivity index is 1.69. The van der Waals surface area contributed by atoms with Crippen molar-refractivity contribution in [2.24, 2.45) is 28.4 Å². The number of ether oxygens (including phenoxy) is 1. The number of nitrogens with two attached hydrogens (primary N) is 1. The second kappa shape index (κ2) is 5.55. The number of rotatable bonds is 1. The molecule has 136 valence electrons. The lowest BCUT2D eigenvalue weighted by Gasteiger charge is -2.52. The molecule has 4 aliphatic rings. The minimum atomic E-state index is -0.456. The van der Waals surface area contributed by atoms with Gasteiger partial charge in [-0.3, -0.25) is 4.79 Å². The zero-order valence-electron chi connectivity index (χ0n) is 15.4. The Hall–Kier alpha value is -1.39. The first kappa shape index (κ1) is 17.0. The highest BCUT2D eigenvalue weighted by Gasteiger charge is 2.58. The maximum absolute atomic E-state index is 11.5. The fourth-order valence-corrected chi connectivity index (χ4v) is 6.00. The summed E-state index contributed by atoms with van der Waals surface area (Å²) in [5, 5.41) is 9.96. The molecule has 4 aliphatic carbocycles. The van der Waals surface area contributed by atoms with Crippen LogP contribution in [0.3, 0.4) is 0 Å². The zero-order chi connectivity index (χ0) is 18.0. The van der Waals surface area contributed by atoms with Crippen LogP contribution in [0.4, 0.5) is 0 Å². The summed E-state index contributed by atoms with van der Waals surface area (Å²) < 4.78 is 5.56. The maximum Gasteiger partial charge on any atom is 0.302 e. The van der Waals surface area contributed by atoms with Crippen molar-refractivity contribution in [3.63, 3.8) is 0 Å². The molecule has 0 bridgehead atoms. The lowest BCUT2D eigenvalue weighted by molar-refractivity contribution is -0.147. The van der Waals surface area contributed by atoms with Gasteiger partial charge in [0.05, 0.1) is 6.10 Å². The normalized spacial score (nSPS) is 48.0. The number of aliphatic hydroxyl groups excluding tert-OH is 1. The topological polar surface area (TPSA) is 72.5 Å². The third-order valence-electron chi connectivity index (χ3n) is 7.45. The van der Waals surface area contributed by atoms with E-state index in [9.17, 15) is 9.90 Å². The van der Waals surface area contributed by atoms with Gasteiger partial charge in [-0.25, -0.2) is 0 Å². The fraction of sp³-hybridized carbons (Fsp3) is 0.667. The van der Waals surface area contributed by atoms with Gasteiger partial charge in [0.2, 0.25) is 0 Å². The van der Waals surface area contributed by atoms with Gasteiger partial charge < -0.3 is 15.6 Å². The molecular weight excluding hydrogens is 314 g/mol. The number of carbonyl (C=O) groups excluding carboxylic acids is 1. The number of hydrogen-bond acceptors (Lipinski definition) is 4. The van der Waals surface area contributed by atoms with E-state index in [-0.39, 0.29) is 28.9 Å². The Morgan fingerprint density at radius 1 is 1.40 bits per heavy atom. The molecule has 0 saturated heterocycles. The minimum Gasteiger partial charge on any atom is -0.461 e. The molecule has 4 heteroatoms. The van der Waals surface area contributed by atoms with Gasteiger partial charge in [0.25, 0.3) is 0 Å². The van der Waals surface area contributed by atoms with Crippen LogP contribution in [0, 0.1) is 22.7 Å². The molecule has 2 fully saturated rings. The monoisotopic (exact) mass is 343 g/mol. The molecular formula is C21H29NO3. The van der Waals surface area contributed by atoms with E-state index in [4.69, 9.17) is 10.5 Å². The van der Waals surface area contributed by atoms with Crippen LogP contribution in [0.25, 0.3) is 0 Å². The average Bonchev–Trinajstić information content (AvgIpc) is 2.79. The van der Waals surface area contributed by atoms with Gasteiger partial charge in [-0.15, -0.1) is 0 Å². The van der Waals surface area contributed by atoms with E-state index in [1.165, 1.54) is 18.1 Å². The lowest BCUT2D eigenvalue weighted by atomic mass is 9.53. The van der Waals surface area contributed by atoms with Gasteiger partial charge in [-0.1, -0.05) is 42.4 Å². The van der Waals surface area contributed by atoms with E-state index in [0.717, 1.165) is 25.7 Å². The van der Waals surface area contributed by atoms with Crippen molar-refractivity contribution in [1.82, 2.24) is 0 Å². The summed E-state index contributed by atoms with van der Waals surface area (Å²) in [5.74, 6) is 0.693. The molecule has 0 radical (unpaired) electrons. The fourth-order valence-electron chi connectivity index (χ4n) is 6.00. The third-order valence-corrected chi connectivity index (χ3v) is 7.45. The Morgan fingerprint density at radius 2 is 2.16 bits per heavy atom. The van der Waals surface area contributed by atoms with Gasteiger partial charge in [0.1, 0.15) is 6.10 Å². The first-order valence-electron chi connectivity index (χ1n) is 9.47. The van der Waals surface area contributed by atoms with Gasteiger partial charge >= 0.3 is 5.97 Å². The van der Waals surface area contributed by atoms with Crippen molar-refractivity contribution in [1.29, 1.82) is 0 Å². The second-order valence-electron chi connectivity index (χ2n) is 8.77. The Morgan fingerprint density at radius 3 is 2.88 bits per heavy atom. The van der Waals surface area contributed by atoms with E-state index in [1.807, 2.05) is 12.2 Å². The van der Waals surface area contributed by atoms with E-state index < -0.39 is 6.10 Å². The molecule has 7 atom stereocenters. The van der Waals surface area contributed by atoms with Crippen LogP contribution < -0.4 is 5.73 Å². The van der Waals surface area contributed by atoms with Crippen LogP contribution in [0.2, 0.25) is 0 Å². The minimum absolute atomic E-state index is 0.0102. The van der Waals surface area contributed by atoms with Crippen LogP contribution in [0.1, 0.15) is 46.5 Å². The lowest BCUT2D eigenvalue weighted by Crippen LogP contribution is -2.49. The van der Waals surface area contributed by atoms with Crippen molar-refractivity contribution >= 4 is 5.97 Å². The second-order valence-corrected chi connectivity index (χ2v) is 8.77. The first-order chi connectivity index (χ1) is 11.8. The summed E-state index contributed by atoms with van der Waals surface area (Å²) in [6, 6.07) is -0.104. The Kier molecular flexibility index (Phi) is 3.79. The molecule has 0 aromatic heterocycles. The highest BCUT2D eigenvalue weighted by Crippen LogP contribution is 2.62.